The number of likely N-dealkylation sites (N-methyl/N-ethyl adjacent to an activating group) is 1. The van der Waals surface area contributed by atoms with E-state index in [0.717, 1.165) is 41.2 Å². The number of fused-ring (bicyclic) bond motifs is 1. The van der Waals surface area contributed by atoms with Crippen molar-refractivity contribution in [1.29, 1.82) is 0 Å². The number of nitrogen functional groups attached to an aromatic ring is 1. The minimum Gasteiger partial charge on any atom is -0.495 e. The van der Waals surface area contributed by atoms with Gasteiger partial charge >= 0.3 is 0 Å². The van der Waals surface area contributed by atoms with E-state index in [1.54, 1.807) is 13.3 Å². The number of hydrogen-bond acceptors (Lipinski definition) is 8. The predicted octanol–water partition coefficient (Wildman–Crippen LogP) is 2.88. The van der Waals surface area contributed by atoms with E-state index in [-0.39, 0.29) is 0 Å². The molecular formula is C23H26N8O. The Morgan fingerprint density at radius 1 is 1.19 bits per heavy atom. The second-order valence-electron chi connectivity index (χ2n) is 8.11. The maximum Gasteiger partial charge on any atom is 0.227 e. The zero-order chi connectivity index (χ0) is 22.2. The number of nitrogens with two attached hydrogens (primary N) is 1. The first-order valence-electron chi connectivity index (χ1n) is 10.4. The van der Waals surface area contributed by atoms with Crippen LogP contribution in [0, 0.1) is 0 Å². The summed E-state index contributed by atoms with van der Waals surface area (Å²) < 4.78 is 7.29. The number of ether oxygens (including phenoxy) is 1. The van der Waals surface area contributed by atoms with E-state index in [0.29, 0.717) is 23.4 Å². The van der Waals surface area contributed by atoms with Gasteiger partial charge in [-0.15, -0.1) is 0 Å². The molecule has 4 aromatic rings. The summed E-state index contributed by atoms with van der Waals surface area (Å²) in [5, 5.41) is 7.78. The van der Waals surface area contributed by atoms with Gasteiger partial charge in [0.25, 0.3) is 0 Å². The molecule has 4 heterocycles. The summed E-state index contributed by atoms with van der Waals surface area (Å²) in [6.45, 7) is 1.86. The van der Waals surface area contributed by atoms with Crippen molar-refractivity contribution in [2.24, 2.45) is 0 Å². The summed E-state index contributed by atoms with van der Waals surface area (Å²) in [5.41, 5.74) is 11.4. The second-order valence-corrected chi connectivity index (χ2v) is 8.11. The highest BCUT2D eigenvalue weighted by Gasteiger charge is 2.30. The monoisotopic (exact) mass is 430 g/mol. The lowest BCUT2D eigenvalue weighted by atomic mass is 10.1. The minimum atomic E-state index is 0.494. The van der Waals surface area contributed by atoms with E-state index in [9.17, 15) is 0 Å². The first-order valence-corrected chi connectivity index (χ1v) is 10.4. The van der Waals surface area contributed by atoms with Crippen LogP contribution in [-0.2, 0) is 0 Å². The van der Waals surface area contributed by atoms with Crippen LogP contribution < -0.4 is 20.7 Å². The van der Waals surface area contributed by atoms with Crippen LogP contribution in [0.3, 0.4) is 0 Å². The number of rotatable bonds is 6. The summed E-state index contributed by atoms with van der Waals surface area (Å²) in [6, 6.07) is 12.2. The maximum atomic E-state index is 6.22. The SMILES string of the molecule is COc1cc(N2CC(N(C)C)C2)c(Nc2nccc(-c3cnn4ccccc34)n2)cc1N. The molecule has 3 N–H and O–H groups in total. The largest absolute Gasteiger partial charge is 0.495 e. The standard InChI is InChI=1S/C23H26N8O/c1-29(2)15-13-30(14-15)21-11-22(32-3)17(24)10-19(21)28-23-25-8-7-18(27-23)16-12-26-31-9-5-4-6-20(16)31/h4-12,15H,13-14,24H2,1-3H3,(H,25,27,28). The van der Waals surface area contributed by atoms with Crippen molar-refractivity contribution in [1.82, 2.24) is 24.5 Å². The molecule has 9 heteroatoms. The highest BCUT2D eigenvalue weighted by Crippen LogP contribution is 2.39. The van der Waals surface area contributed by atoms with Crippen LogP contribution >= 0.6 is 0 Å². The van der Waals surface area contributed by atoms with Gasteiger partial charge in [0.15, 0.2) is 0 Å². The summed E-state index contributed by atoms with van der Waals surface area (Å²) in [4.78, 5) is 13.7. The molecule has 0 saturated carbocycles. The highest BCUT2D eigenvalue weighted by molar-refractivity contribution is 5.82. The Hall–Kier alpha value is -3.85. The minimum absolute atomic E-state index is 0.494. The number of aromatic nitrogens is 4. The van der Waals surface area contributed by atoms with Crippen LogP contribution in [0.4, 0.5) is 23.0 Å². The summed E-state index contributed by atoms with van der Waals surface area (Å²) >= 11 is 0. The summed E-state index contributed by atoms with van der Waals surface area (Å²) in [5.74, 6) is 1.15. The maximum absolute atomic E-state index is 6.22. The van der Waals surface area contributed by atoms with E-state index in [4.69, 9.17) is 15.5 Å². The molecule has 9 nitrogen and oxygen atoms in total. The number of methoxy groups -OCH3 is 1. The Balaban J connectivity index is 1.48. The Morgan fingerprint density at radius 2 is 2.03 bits per heavy atom. The number of pyridine rings is 1. The third-order valence-corrected chi connectivity index (χ3v) is 5.89. The number of anilines is 4. The van der Waals surface area contributed by atoms with Gasteiger partial charge < -0.3 is 25.6 Å². The van der Waals surface area contributed by atoms with Crippen LogP contribution in [0.5, 0.6) is 5.75 Å². The van der Waals surface area contributed by atoms with Crippen molar-refractivity contribution < 1.29 is 4.74 Å². The molecule has 3 aromatic heterocycles. The van der Waals surface area contributed by atoms with Gasteiger partial charge in [-0.1, -0.05) is 6.07 Å². The molecule has 1 aliphatic rings. The Kier molecular flexibility index (Phi) is 5.02. The molecule has 1 aromatic carbocycles. The fourth-order valence-corrected chi connectivity index (χ4v) is 3.92. The van der Waals surface area contributed by atoms with E-state index in [2.05, 4.69) is 39.3 Å². The molecular weight excluding hydrogens is 404 g/mol. The van der Waals surface area contributed by atoms with E-state index >= 15 is 0 Å². The van der Waals surface area contributed by atoms with Gasteiger partial charge in [-0.25, -0.2) is 14.5 Å². The van der Waals surface area contributed by atoms with Gasteiger partial charge in [0.05, 0.1) is 41.6 Å². The normalized spacial score (nSPS) is 14.1. The van der Waals surface area contributed by atoms with Crippen molar-refractivity contribution in [3.8, 4) is 17.0 Å². The zero-order valence-electron chi connectivity index (χ0n) is 18.4. The van der Waals surface area contributed by atoms with Gasteiger partial charge in [-0.2, -0.15) is 5.10 Å². The Labute approximate surface area is 186 Å². The molecule has 1 fully saturated rings. The first-order chi connectivity index (χ1) is 15.5. The molecule has 0 aliphatic carbocycles. The van der Waals surface area contributed by atoms with Gasteiger partial charge in [-0.3, -0.25) is 0 Å². The smallest absolute Gasteiger partial charge is 0.227 e. The lowest BCUT2D eigenvalue weighted by Gasteiger charge is -2.45. The van der Waals surface area contributed by atoms with Crippen LogP contribution in [0.25, 0.3) is 16.8 Å². The van der Waals surface area contributed by atoms with Crippen LogP contribution in [0.2, 0.25) is 0 Å². The highest BCUT2D eigenvalue weighted by atomic mass is 16.5. The molecule has 1 saturated heterocycles. The fourth-order valence-electron chi connectivity index (χ4n) is 3.92. The fraction of sp³-hybridized carbons (Fsp3) is 0.261. The summed E-state index contributed by atoms with van der Waals surface area (Å²) in [6.07, 6.45) is 5.48. The molecule has 1 aliphatic heterocycles. The first kappa shape index (κ1) is 20.1. The van der Waals surface area contributed by atoms with E-state index in [1.807, 2.05) is 53.3 Å². The number of hydrogen-bond donors (Lipinski definition) is 2. The third-order valence-electron chi connectivity index (χ3n) is 5.89. The summed E-state index contributed by atoms with van der Waals surface area (Å²) in [7, 11) is 5.83. The molecule has 32 heavy (non-hydrogen) atoms. The van der Waals surface area contributed by atoms with Crippen molar-refractivity contribution in [3.63, 3.8) is 0 Å². The predicted molar refractivity (Wildman–Crippen MR) is 127 cm³/mol. The number of benzene rings is 1. The van der Waals surface area contributed by atoms with Crippen molar-refractivity contribution in [2.45, 2.75) is 6.04 Å². The molecule has 5 rings (SSSR count). The number of nitrogens with one attached hydrogen (secondary N) is 1. The lowest BCUT2D eigenvalue weighted by Crippen LogP contribution is -2.57. The topological polar surface area (TPSA) is 96.8 Å². The molecule has 0 bridgehead atoms. The van der Waals surface area contributed by atoms with Crippen molar-refractivity contribution in [2.75, 3.05) is 50.2 Å². The van der Waals surface area contributed by atoms with Gasteiger partial charge in [0.1, 0.15) is 5.75 Å². The van der Waals surface area contributed by atoms with Crippen LogP contribution in [0.1, 0.15) is 0 Å². The molecule has 0 atom stereocenters. The van der Waals surface area contributed by atoms with E-state index in [1.165, 1.54) is 0 Å². The van der Waals surface area contributed by atoms with Crippen LogP contribution in [0.15, 0.2) is 55.0 Å². The van der Waals surface area contributed by atoms with Crippen molar-refractivity contribution in [3.05, 3.63) is 55.0 Å². The van der Waals surface area contributed by atoms with Gasteiger partial charge in [0.2, 0.25) is 5.95 Å². The van der Waals surface area contributed by atoms with Gasteiger partial charge in [-0.05, 0) is 38.4 Å². The molecule has 0 spiro atoms. The van der Waals surface area contributed by atoms with Gasteiger partial charge in [0, 0.05) is 43.2 Å². The quantitative estimate of drug-likeness (QED) is 0.451. The van der Waals surface area contributed by atoms with E-state index < -0.39 is 0 Å². The molecule has 0 radical (unpaired) electrons. The third kappa shape index (κ3) is 3.56. The van der Waals surface area contributed by atoms with Crippen molar-refractivity contribution >= 4 is 28.5 Å². The lowest BCUT2D eigenvalue weighted by molar-refractivity contribution is 0.247. The molecule has 164 valence electrons. The number of nitrogens with zero attached hydrogens (tertiary/aromatic N) is 6. The average Bonchev–Trinajstić information content (AvgIpc) is 3.18. The average molecular weight is 431 g/mol. The van der Waals surface area contributed by atoms with Crippen LogP contribution in [-0.4, -0.2) is 64.8 Å². The Bertz CT molecular complexity index is 1260. The second kappa shape index (κ2) is 8.01. The zero-order valence-corrected chi connectivity index (χ0v) is 18.4. The molecule has 0 amide bonds. The molecule has 0 unspecified atom stereocenters. The Morgan fingerprint density at radius 3 is 2.81 bits per heavy atom.